The fourth-order valence-corrected chi connectivity index (χ4v) is 21.1. The van der Waals surface area contributed by atoms with Gasteiger partial charge in [-0.2, -0.15) is 0 Å². The normalized spacial score (nSPS) is 18.3. The molecule has 2 aliphatic rings. The SMILES string of the molecule is CC1=[C]([Zr]([CH3])([CH3])(=[SiH2])[C]2=C(C)C=C(CC(C)C)C2)CC(CC(C)C)=C1.Cl.Cl. The minimum absolute atomic E-state index is 0. The Bertz CT molecular complexity index is 671. The van der Waals surface area contributed by atoms with E-state index in [1.54, 1.807) is 22.3 Å². The van der Waals surface area contributed by atoms with Crippen LogP contribution in [0.15, 0.2) is 41.0 Å². The Morgan fingerprint density at radius 1 is 0.808 bits per heavy atom. The van der Waals surface area contributed by atoms with Crippen molar-refractivity contribution in [3.63, 3.8) is 0 Å². The molecule has 0 radical (unpaired) electrons. The molecule has 2 aliphatic carbocycles. The molecule has 0 atom stereocenters. The Hall–Kier alpha value is 0.640. The van der Waals surface area contributed by atoms with E-state index in [1.807, 2.05) is 6.56 Å². The van der Waals surface area contributed by atoms with Crippen LogP contribution in [0.25, 0.3) is 0 Å². The van der Waals surface area contributed by atoms with Gasteiger partial charge in [0.2, 0.25) is 0 Å². The largest absolute Gasteiger partial charge is 0.147 e. The smallest absolute Gasteiger partial charge is 0.147 e. The topological polar surface area (TPSA) is 0 Å². The van der Waals surface area contributed by atoms with Crippen LogP contribution in [0.4, 0.5) is 0 Å². The fourth-order valence-electron chi connectivity index (χ4n) is 4.95. The third kappa shape index (κ3) is 5.82. The molecule has 0 N–H and O–H groups in total. The first-order valence-electron chi connectivity index (χ1n) is 9.76. The molecule has 0 heterocycles. The molecular formula is C22H40Cl2SiZr. The molecule has 0 bridgehead atoms. The molecular weight excluding hydrogens is 454 g/mol. The van der Waals surface area contributed by atoms with Crippen LogP contribution in [0.5, 0.6) is 0 Å². The van der Waals surface area contributed by atoms with Crippen LogP contribution < -0.4 is 0 Å². The molecule has 0 aromatic carbocycles. The summed E-state index contributed by atoms with van der Waals surface area (Å²) in [5.41, 5.74) is 6.57. The zero-order chi connectivity index (χ0) is 18.3. The fraction of sp³-hybridized carbons (Fsp3) is 0.636. The van der Waals surface area contributed by atoms with Gasteiger partial charge < -0.3 is 0 Å². The number of rotatable bonds is 6. The summed E-state index contributed by atoms with van der Waals surface area (Å²) in [7, 11) is 0. The van der Waals surface area contributed by atoms with Gasteiger partial charge in [-0.15, -0.1) is 24.8 Å². The number of hydrogen-bond donors (Lipinski definition) is 0. The van der Waals surface area contributed by atoms with Crippen molar-refractivity contribution in [3.05, 3.63) is 41.0 Å². The molecule has 0 saturated carbocycles. The predicted molar refractivity (Wildman–Crippen MR) is 124 cm³/mol. The Morgan fingerprint density at radius 3 is 1.38 bits per heavy atom. The second-order valence-corrected chi connectivity index (χ2v) is 38.9. The molecule has 0 fully saturated rings. The molecule has 0 spiro atoms. The van der Waals surface area contributed by atoms with Gasteiger partial charge in [0, 0.05) is 0 Å². The van der Waals surface area contributed by atoms with Crippen LogP contribution in [0, 0.1) is 11.8 Å². The summed E-state index contributed by atoms with van der Waals surface area (Å²) in [6.45, 7) is 16.6. The van der Waals surface area contributed by atoms with Crippen molar-refractivity contribution in [3.8, 4) is 0 Å². The Kier molecular flexibility index (Phi) is 9.66. The number of allylic oxidation sites excluding steroid dienone is 8. The Morgan fingerprint density at radius 2 is 1.12 bits per heavy atom. The van der Waals surface area contributed by atoms with E-state index >= 15 is 0 Å². The van der Waals surface area contributed by atoms with E-state index in [4.69, 9.17) is 0 Å². The van der Waals surface area contributed by atoms with Crippen molar-refractivity contribution in [2.24, 2.45) is 11.8 Å². The molecule has 2 rings (SSSR count). The van der Waals surface area contributed by atoms with Crippen LogP contribution in [0.1, 0.15) is 67.2 Å². The average molecular weight is 495 g/mol. The first kappa shape index (κ1) is 26.6. The molecule has 0 nitrogen and oxygen atoms in total. The number of hydrogen-bond acceptors (Lipinski definition) is 0. The van der Waals surface area contributed by atoms with Crippen molar-refractivity contribution in [1.29, 1.82) is 0 Å². The summed E-state index contributed by atoms with van der Waals surface area (Å²) in [5.74, 6) is 1.53. The van der Waals surface area contributed by atoms with Gasteiger partial charge in [0.05, 0.1) is 0 Å². The average Bonchev–Trinajstić information content (AvgIpc) is 2.92. The summed E-state index contributed by atoms with van der Waals surface area (Å²) in [5, 5.41) is 0. The van der Waals surface area contributed by atoms with Gasteiger partial charge >= 0.3 is 154 Å². The van der Waals surface area contributed by atoms with E-state index in [9.17, 15) is 0 Å². The standard InChI is InChI=1S/2C10H15.2CH3.2ClH.H2Si.Zr/c2*1-8(2)6-10-5-4-9(3)7-10;;;;;;/h2*7-8H,5-6H2,1-3H3;2*1H3;2*1H;1H2;. The molecule has 26 heavy (non-hydrogen) atoms. The zero-order valence-corrected chi connectivity index (χ0v) is 23.7. The second kappa shape index (κ2) is 9.43. The molecule has 0 aliphatic heterocycles. The minimum Gasteiger partial charge on any atom is -0.147 e. The molecule has 4 heteroatoms. The molecule has 150 valence electrons. The van der Waals surface area contributed by atoms with Crippen molar-refractivity contribution >= 4 is 31.7 Å². The van der Waals surface area contributed by atoms with Crippen LogP contribution in [-0.4, -0.2) is 6.88 Å². The van der Waals surface area contributed by atoms with E-state index in [-0.39, 0.29) is 24.8 Å². The third-order valence-electron chi connectivity index (χ3n) is 5.88. The van der Waals surface area contributed by atoms with Crippen LogP contribution in [-0.2, 0) is 17.4 Å². The molecule has 0 aromatic heterocycles. The minimum atomic E-state index is -3.00. The maximum absolute atomic E-state index is 3.00. The van der Waals surface area contributed by atoms with Crippen molar-refractivity contribution in [1.82, 2.24) is 0 Å². The third-order valence-corrected chi connectivity index (χ3v) is 23.3. The maximum atomic E-state index is 2.69. The quantitative estimate of drug-likeness (QED) is 0.336. The Balaban J connectivity index is 0.00000312. The molecule has 0 saturated heterocycles. The predicted octanol–water partition coefficient (Wildman–Crippen LogP) is 7.46. The zero-order valence-electron chi connectivity index (χ0n) is 18.2. The number of halogens is 2. The summed E-state index contributed by atoms with van der Waals surface area (Å²) in [6, 6.07) is 0. The van der Waals surface area contributed by atoms with E-state index < -0.39 is 17.4 Å². The van der Waals surface area contributed by atoms with Gasteiger partial charge in [0.15, 0.2) is 0 Å². The van der Waals surface area contributed by atoms with Gasteiger partial charge in [-0.05, 0) is 0 Å². The van der Waals surface area contributed by atoms with E-state index in [0.29, 0.717) is 0 Å². The van der Waals surface area contributed by atoms with Crippen molar-refractivity contribution in [2.45, 2.75) is 76.5 Å². The van der Waals surface area contributed by atoms with Gasteiger partial charge in [0.25, 0.3) is 0 Å². The summed E-state index contributed by atoms with van der Waals surface area (Å²) in [4.78, 5) is 0. The summed E-state index contributed by atoms with van der Waals surface area (Å²) in [6.07, 6.45) is 10.1. The molecule has 0 unspecified atom stereocenters. The van der Waals surface area contributed by atoms with Gasteiger partial charge in [-0.1, -0.05) is 0 Å². The van der Waals surface area contributed by atoms with E-state index in [2.05, 4.69) is 69.8 Å². The first-order valence-corrected chi connectivity index (χ1v) is 23.1. The molecule has 0 amide bonds. The van der Waals surface area contributed by atoms with Gasteiger partial charge in [0.1, 0.15) is 0 Å². The van der Waals surface area contributed by atoms with E-state index in [1.165, 1.54) is 25.7 Å². The maximum Gasteiger partial charge on any atom is -0.147 e. The summed E-state index contributed by atoms with van der Waals surface area (Å²) < 4.78 is 9.10. The first-order chi connectivity index (χ1) is 10.9. The van der Waals surface area contributed by atoms with Crippen LogP contribution in [0.3, 0.4) is 0 Å². The van der Waals surface area contributed by atoms with E-state index in [0.717, 1.165) is 11.8 Å². The monoisotopic (exact) mass is 492 g/mol. The van der Waals surface area contributed by atoms with Crippen LogP contribution in [0.2, 0.25) is 9.26 Å². The van der Waals surface area contributed by atoms with Crippen molar-refractivity contribution < 1.29 is 17.4 Å². The van der Waals surface area contributed by atoms with Crippen LogP contribution >= 0.6 is 24.8 Å². The van der Waals surface area contributed by atoms with Gasteiger partial charge in [-0.25, -0.2) is 0 Å². The second-order valence-electron chi connectivity index (χ2n) is 10.2. The van der Waals surface area contributed by atoms with Crippen molar-refractivity contribution in [2.75, 3.05) is 0 Å². The van der Waals surface area contributed by atoms with Gasteiger partial charge in [-0.3, -0.25) is 0 Å². The molecule has 0 aromatic rings. The summed E-state index contributed by atoms with van der Waals surface area (Å²) >= 11 is -3.00. The Labute approximate surface area is 177 Å².